The number of carbonyl (C=O) groups excluding carboxylic acids is 2. The molecule has 2 heterocycles. The SMILES string of the molecule is Cc1cn(C2(C)CNC(=O)NC2=O)c(=O)[nH]c1=O. The summed E-state index contributed by atoms with van der Waals surface area (Å²) in [5.74, 6) is -0.597. The smallest absolute Gasteiger partial charge is 0.329 e. The Kier molecular flexibility index (Phi) is 2.57. The fraction of sp³-hybridized carbons (Fsp3) is 0.400. The van der Waals surface area contributed by atoms with E-state index >= 15 is 0 Å². The molecule has 1 atom stereocenters. The van der Waals surface area contributed by atoms with Crippen molar-refractivity contribution in [3.05, 3.63) is 32.6 Å². The van der Waals surface area contributed by atoms with Crippen molar-refractivity contribution in [1.29, 1.82) is 0 Å². The Bertz CT molecular complexity index is 644. The Morgan fingerprint density at radius 1 is 1.28 bits per heavy atom. The van der Waals surface area contributed by atoms with Crippen molar-refractivity contribution in [1.82, 2.24) is 20.2 Å². The van der Waals surface area contributed by atoms with Gasteiger partial charge in [0.05, 0.1) is 6.54 Å². The monoisotopic (exact) mass is 252 g/mol. The molecule has 0 spiro atoms. The Hall–Kier alpha value is -2.38. The number of amides is 3. The lowest BCUT2D eigenvalue weighted by Gasteiger charge is -2.33. The first kappa shape index (κ1) is 12.1. The minimum Gasteiger partial charge on any atom is -0.335 e. The predicted molar refractivity (Wildman–Crippen MR) is 61.2 cm³/mol. The number of H-pyrrole nitrogens is 1. The van der Waals surface area contributed by atoms with Crippen LogP contribution in [0.5, 0.6) is 0 Å². The van der Waals surface area contributed by atoms with Gasteiger partial charge in [0, 0.05) is 11.8 Å². The molecular weight excluding hydrogens is 240 g/mol. The lowest BCUT2D eigenvalue weighted by Crippen LogP contribution is -2.64. The molecule has 1 aliphatic rings. The third-order valence-corrected chi connectivity index (χ3v) is 2.96. The zero-order valence-electron chi connectivity index (χ0n) is 9.86. The van der Waals surface area contributed by atoms with Crippen LogP contribution in [0.4, 0.5) is 4.79 Å². The molecule has 8 nitrogen and oxygen atoms in total. The minimum absolute atomic E-state index is 0.0247. The van der Waals surface area contributed by atoms with E-state index in [4.69, 9.17) is 0 Å². The zero-order chi connectivity index (χ0) is 13.5. The van der Waals surface area contributed by atoms with E-state index in [1.807, 2.05) is 0 Å². The molecule has 0 aliphatic carbocycles. The fourth-order valence-electron chi connectivity index (χ4n) is 1.74. The summed E-state index contributed by atoms with van der Waals surface area (Å²) in [5, 5.41) is 4.53. The van der Waals surface area contributed by atoms with E-state index in [0.717, 1.165) is 4.57 Å². The minimum atomic E-state index is -1.26. The summed E-state index contributed by atoms with van der Waals surface area (Å²) in [6.45, 7) is 3.00. The van der Waals surface area contributed by atoms with Crippen LogP contribution in [-0.2, 0) is 10.3 Å². The quantitative estimate of drug-likeness (QED) is 0.558. The molecule has 0 saturated carbocycles. The molecule has 1 fully saturated rings. The van der Waals surface area contributed by atoms with Gasteiger partial charge in [-0.2, -0.15) is 0 Å². The normalized spacial score (nSPS) is 23.4. The van der Waals surface area contributed by atoms with Crippen molar-refractivity contribution >= 4 is 11.9 Å². The van der Waals surface area contributed by atoms with E-state index < -0.39 is 28.7 Å². The maximum Gasteiger partial charge on any atom is 0.329 e. The maximum atomic E-state index is 11.9. The lowest BCUT2D eigenvalue weighted by atomic mass is 9.99. The number of hydrogen-bond donors (Lipinski definition) is 3. The van der Waals surface area contributed by atoms with E-state index in [0.29, 0.717) is 5.56 Å². The first-order valence-electron chi connectivity index (χ1n) is 5.27. The predicted octanol–water partition coefficient (Wildman–Crippen LogP) is -1.60. The van der Waals surface area contributed by atoms with E-state index in [1.54, 1.807) is 0 Å². The number of rotatable bonds is 1. The van der Waals surface area contributed by atoms with Gasteiger partial charge in [-0.05, 0) is 13.8 Å². The second kappa shape index (κ2) is 3.83. The number of aromatic amines is 1. The number of nitrogens with zero attached hydrogens (tertiary/aromatic N) is 1. The summed E-state index contributed by atoms with van der Waals surface area (Å²) in [4.78, 5) is 48.0. The fourth-order valence-corrected chi connectivity index (χ4v) is 1.74. The molecule has 8 heteroatoms. The molecule has 1 aliphatic heterocycles. The highest BCUT2D eigenvalue weighted by atomic mass is 16.2. The number of carbonyl (C=O) groups is 2. The van der Waals surface area contributed by atoms with Crippen molar-refractivity contribution < 1.29 is 9.59 Å². The van der Waals surface area contributed by atoms with Crippen molar-refractivity contribution in [2.75, 3.05) is 6.54 Å². The summed E-state index contributed by atoms with van der Waals surface area (Å²) >= 11 is 0. The number of aromatic nitrogens is 2. The molecule has 96 valence electrons. The number of imide groups is 1. The second-order valence-electron chi connectivity index (χ2n) is 4.35. The van der Waals surface area contributed by atoms with E-state index in [1.165, 1.54) is 20.0 Å². The highest BCUT2D eigenvalue weighted by Crippen LogP contribution is 2.15. The summed E-state index contributed by atoms with van der Waals surface area (Å²) in [6, 6.07) is -0.605. The molecule has 0 bridgehead atoms. The van der Waals surface area contributed by atoms with Gasteiger partial charge in [0.1, 0.15) is 5.54 Å². The van der Waals surface area contributed by atoms with Crippen LogP contribution >= 0.6 is 0 Å². The van der Waals surface area contributed by atoms with E-state index in [2.05, 4.69) is 15.6 Å². The average Bonchev–Trinajstić information content (AvgIpc) is 2.29. The van der Waals surface area contributed by atoms with Crippen LogP contribution < -0.4 is 21.9 Å². The molecule has 3 amide bonds. The van der Waals surface area contributed by atoms with Gasteiger partial charge in [-0.25, -0.2) is 9.59 Å². The van der Waals surface area contributed by atoms with Crippen LogP contribution in [0.15, 0.2) is 15.8 Å². The third-order valence-electron chi connectivity index (χ3n) is 2.96. The van der Waals surface area contributed by atoms with Crippen molar-refractivity contribution in [3.63, 3.8) is 0 Å². The highest BCUT2D eigenvalue weighted by Gasteiger charge is 2.41. The topological polar surface area (TPSA) is 113 Å². The number of aryl methyl sites for hydroxylation is 1. The molecule has 2 rings (SSSR count). The van der Waals surface area contributed by atoms with Gasteiger partial charge in [-0.1, -0.05) is 0 Å². The van der Waals surface area contributed by atoms with Gasteiger partial charge in [0.15, 0.2) is 0 Å². The second-order valence-corrected chi connectivity index (χ2v) is 4.35. The van der Waals surface area contributed by atoms with Crippen LogP contribution in [0, 0.1) is 6.92 Å². The summed E-state index contributed by atoms with van der Waals surface area (Å²) in [5.41, 5.74) is -2.15. The lowest BCUT2D eigenvalue weighted by molar-refractivity contribution is -0.129. The van der Waals surface area contributed by atoms with Crippen LogP contribution in [0.2, 0.25) is 0 Å². The summed E-state index contributed by atoms with van der Waals surface area (Å²) < 4.78 is 1.11. The van der Waals surface area contributed by atoms with Crippen molar-refractivity contribution in [2.24, 2.45) is 0 Å². The Labute approximate surface area is 101 Å². The number of urea groups is 1. The zero-order valence-corrected chi connectivity index (χ0v) is 9.86. The van der Waals surface area contributed by atoms with Gasteiger partial charge in [-0.15, -0.1) is 0 Å². The van der Waals surface area contributed by atoms with Gasteiger partial charge < -0.3 is 5.32 Å². The standard InChI is InChI=1S/C10H12N4O4/c1-5-3-14(9(18)12-6(5)15)10(2)4-11-8(17)13-7(10)16/h3H,4H2,1-2H3,(H,12,15,18)(H2,11,13,16,17). The molecule has 1 aromatic heterocycles. The molecule has 18 heavy (non-hydrogen) atoms. The third kappa shape index (κ3) is 1.71. The Morgan fingerprint density at radius 2 is 1.94 bits per heavy atom. The molecular formula is C10H12N4O4. The Balaban J connectivity index is 2.58. The van der Waals surface area contributed by atoms with Crippen LogP contribution in [0.25, 0.3) is 0 Å². The van der Waals surface area contributed by atoms with Gasteiger partial charge in [0.25, 0.3) is 11.5 Å². The molecule has 0 aromatic carbocycles. The first-order valence-corrected chi connectivity index (χ1v) is 5.27. The Morgan fingerprint density at radius 3 is 2.56 bits per heavy atom. The largest absolute Gasteiger partial charge is 0.335 e. The van der Waals surface area contributed by atoms with Crippen LogP contribution in [0.3, 0.4) is 0 Å². The number of hydrogen-bond acceptors (Lipinski definition) is 4. The summed E-state index contributed by atoms with van der Waals surface area (Å²) in [6.07, 6.45) is 1.30. The van der Waals surface area contributed by atoms with Crippen molar-refractivity contribution in [3.8, 4) is 0 Å². The van der Waals surface area contributed by atoms with Crippen molar-refractivity contribution in [2.45, 2.75) is 19.4 Å². The van der Waals surface area contributed by atoms with Gasteiger partial charge in [0.2, 0.25) is 0 Å². The molecule has 1 aromatic rings. The molecule has 1 saturated heterocycles. The average molecular weight is 252 g/mol. The number of nitrogens with one attached hydrogen (secondary N) is 3. The first-order chi connectivity index (χ1) is 8.34. The van der Waals surface area contributed by atoms with Crippen LogP contribution in [0.1, 0.15) is 12.5 Å². The molecule has 0 radical (unpaired) electrons. The van der Waals surface area contributed by atoms with Gasteiger partial charge >= 0.3 is 11.7 Å². The van der Waals surface area contributed by atoms with Gasteiger partial charge in [-0.3, -0.25) is 24.5 Å². The maximum absolute atomic E-state index is 11.9. The summed E-state index contributed by atoms with van der Waals surface area (Å²) in [7, 11) is 0. The van der Waals surface area contributed by atoms with Crippen LogP contribution in [-0.4, -0.2) is 28.0 Å². The van der Waals surface area contributed by atoms with E-state index in [9.17, 15) is 19.2 Å². The highest BCUT2D eigenvalue weighted by molar-refractivity contribution is 6.00. The molecule has 3 N–H and O–H groups in total. The molecule has 1 unspecified atom stereocenters. The van der Waals surface area contributed by atoms with E-state index in [-0.39, 0.29) is 6.54 Å².